The zero-order chi connectivity index (χ0) is 31.6. The fourth-order valence-electron chi connectivity index (χ4n) is 4.25. The molecule has 0 saturated carbocycles. The van der Waals surface area contributed by atoms with E-state index in [9.17, 15) is 32.3 Å². The summed E-state index contributed by atoms with van der Waals surface area (Å²) in [6.45, 7) is 0.143. The van der Waals surface area contributed by atoms with Crippen molar-refractivity contribution in [2.75, 3.05) is 12.3 Å². The average Bonchev–Trinajstić information content (AvgIpc) is 3.58. The first-order valence-corrected chi connectivity index (χ1v) is 12.5. The molecule has 1 aliphatic heterocycles. The number of carbonyl (C=O) groups excluding carboxylic acids is 1. The Morgan fingerprint density at radius 3 is 2.37 bits per heavy atom. The molecule has 1 atom stereocenters. The van der Waals surface area contributed by atoms with Crippen molar-refractivity contribution in [3.8, 4) is 22.6 Å². The van der Waals surface area contributed by atoms with Gasteiger partial charge in [0.1, 0.15) is 17.6 Å². The number of nitrogens with zero attached hydrogens (tertiary/aromatic N) is 2. The normalized spacial score (nSPS) is 14.7. The van der Waals surface area contributed by atoms with E-state index in [0.717, 1.165) is 11.0 Å². The van der Waals surface area contributed by atoms with E-state index < -0.39 is 53.0 Å². The van der Waals surface area contributed by atoms with E-state index in [2.05, 4.69) is 5.16 Å². The van der Waals surface area contributed by atoms with Gasteiger partial charge in [0.15, 0.2) is 23.0 Å². The lowest BCUT2D eigenvalue weighted by molar-refractivity contribution is -0.192. The summed E-state index contributed by atoms with van der Waals surface area (Å²) in [5, 5.41) is 21.1. The molecule has 0 bridgehead atoms. The van der Waals surface area contributed by atoms with Gasteiger partial charge >= 0.3 is 18.1 Å². The molecule has 0 aliphatic carbocycles. The van der Waals surface area contributed by atoms with Crippen LogP contribution in [-0.2, 0) is 9.59 Å². The molecule has 0 unspecified atom stereocenters. The Balaban J connectivity index is 0.000000541. The van der Waals surface area contributed by atoms with E-state index in [1.807, 2.05) is 0 Å². The number of aromatic nitrogens is 1. The van der Waals surface area contributed by atoms with Crippen LogP contribution in [0, 0.1) is 11.6 Å². The van der Waals surface area contributed by atoms with Crippen molar-refractivity contribution in [2.45, 2.75) is 25.1 Å². The van der Waals surface area contributed by atoms with E-state index >= 15 is 4.39 Å². The van der Waals surface area contributed by atoms with Crippen LogP contribution >= 0.6 is 11.6 Å². The molecule has 0 spiro atoms. The molecule has 4 N–H and O–H groups in total. The summed E-state index contributed by atoms with van der Waals surface area (Å²) in [7, 11) is 0. The van der Waals surface area contributed by atoms with Crippen LogP contribution < -0.4 is 10.5 Å². The summed E-state index contributed by atoms with van der Waals surface area (Å²) in [6.07, 6.45) is -4.38. The number of halogens is 6. The van der Waals surface area contributed by atoms with Gasteiger partial charge in [0, 0.05) is 23.2 Å². The van der Waals surface area contributed by atoms with Crippen molar-refractivity contribution < 1.29 is 55.8 Å². The minimum Gasteiger partial charge on any atom is -0.480 e. The number of anilines is 1. The Kier molecular flexibility index (Phi) is 8.75. The predicted octanol–water partition coefficient (Wildman–Crippen LogP) is 6.12. The van der Waals surface area contributed by atoms with Crippen molar-refractivity contribution in [1.29, 1.82) is 0 Å². The number of carboxylic acid groups (broad SMARTS) is 2. The predicted molar refractivity (Wildman–Crippen MR) is 141 cm³/mol. The largest absolute Gasteiger partial charge is 0.490 e. The van der Waals surface area contributed by atoms with Crippen LogP contribution in [0.2, 0.25) is 5.02 Å². The number of aliphatic carboxylic acids is 2. The van der Waals surface area contributed by atoms with Crippen LogP contribution in [0.3, 0.4) is 0 Å². The number of amides is 1. The molecule has 1 amide bonds. The molecule has 1 aromatic heterocycles. The van der Waals surface area contributed by atoms with Gasteiger partial charge in [-0.15, -0.1) is 0 Å². The summed E-state index contributed by atoms with van der Waals surface area (Å²) in [4.78, 5) is 34.1. The molecule has 43 heavy (non-hydrogen) atoms. The SMILES string of the molecule is Nc1noc2ccc(-c3cc(Cl)ccc3Oc3cc(F)c(C(=O)N4CCC[C@H]4C(=O)O)cc3F)cc12.O=C(O)C(F)(F)F. The monoisotopic (exact) mass is 627 g/mol. The maximum atomic E-state index is 15.0. The number of fused-ring (bicyclic) bond motifs is 1. The Labute approximate surface area is 243 Å². The molecule has 1 saturated heterocycles. The summed E-state index contributed by atoms with van der Waals surface area (Å²) < 4.78 is 72.5. The van der Waals surface area contributed by atoms with Crippen LogP contribution in [-0.4, -0.2) is 56.9 Å². The number of ether oxygens (including phenoxy) is 1. The highest BCUT2D eigenvalue weighted by Gasteiger charge is 2.38. The highest BCUT2D eigenvalue weighted by atomic mass is 35.5. The van der Waals surface area contributed by atoms with E-state index in [1.165, 1.54) is 12.1 Å². The second-order valence-corrected chi connectivity index (χ2v) is 9.52. The molecule has 1 fully saturated rings. The van der Waals surface area contributed by atoms with E-state index in [4.69, 9.17) is 36.5 Å². The third-order valence-electron chi connectivity index (χ3n) is 6.26. The van der Waals surface area contributed by atoms with Gasteiger partial charge in [-0.25, -0.2) is 18.4 Å². The van der Waals surface area contributed by atoms with E-state index in [0.29, 0.717) is 39.6 Å². The molecule has 0 radical (unpaired) electrons. The summed E-state index contributed by atoms with van der Waals surface area (Å²) in [6, 6.07) is 10.1. The molecule has 3 aromatic carbocycles. The quantitative estimate of drug-likeness (QED) is 0.222. The van der Waals surface area contributed by atoms with Gasteiger partial charge < -0.3 is 30.1 Å². The van der Waals surface area contributed by atoms with Gasteiger partial charge in [-0.2, -0.15) is 13.2 Å². The second-order valence-electron chi connectivity index (χ2n) is 9.08. The number of carbonyl (C=O) groups is 3. The first kappa shape index (κ1) is 31.0. The molecular weight excluding hydrogens is 609 g/mol. The number of alkyl halides is 3. The van der Waals surface area contributed by atoms with Gasteiger partial charge in [-0.1, -0.05) is 22.8 Å². The number of nitrogens with two attached hydrogens (primary N) is 1. The molecule has 1 aliphatic rings. The maximum absolute atomic E-state index is 15.0. The van der Waals surface area contributed by atoms with Gasteiger partial charge in [0.2, 0.25) is 0 Å². The number of benzene rings is 3. The molecule has 5 rings (SSSR count). The Hall–Kier alpha value is -4.92. The zero-order valence-corrected chi connectivity index (χ0v) is 22.2. The summed E-state index contributed by atoms with van der Waals surface area (Å²) in [5.74, 6) is -6.99. The average molecular weight is 628 g/mol. The van der Waals surface area contributed by atoms with Crippen LogP contribution in [0.4, 0.5) is 27.8 Å². The van der Waals surface area contributed by atoms with Crippen molar-refractivity contribution in [1.82, 2.24) is 10.1 Å². The molecule has 226 valence electrons. The lowest BCUT2D eigenvalue weighted by atomic mass is 10.0. The highest BCUT2D eigenvalue weighted by molar-refractivity contribution is 6.31. The van der Waals surface area contributed by atoms with Gasteiger partial charge in [-0.3, -0.25) is 4.79 Å². The molecule has 4 aromatic rings. The van der Waals surface area contributed by atoms with Crippen LogP contribution in [0.5, 0.6) is 11.5 Å². The van der Waals surface area contributed by atoms with E-state index in [-0.39, 0.29) is 24.5 Å². The zero-order valence-electron chi connectivity index (χ0n) is 21.5. The molecule has 2 heterocycles. The van der Waals surface area contributed by atoms with Crippen molar-refractivity contribution in [2.24, 2.45) is 0 Å². The van der Waals surface area contributed by atoms with Crippen molar-refractivity contribution >= 4 is 46.2 Å². The van der Waals surface area contributed by atoms with Crippen LogP contribution in [0.1, 0.15) is 23.2 Å². The second kappa shape index (κ2) is 12.1. The smallest absolute Gasteiger partial charge is 0.480 e. The number of nitrogen functional groups attached to an aromatic ring is 1. The standard InChI is InChI=1S/C25H18ClF2N3O5.C2HF3O2/c26-13-4-6-20(14(9-13)12-3-5-21-16(8-12)23(29)30-36-21)35-22-11-17(27)15(10-18(22)28)24(32)31-7-1-2-19(31)25(33)34;3-2(4,5)1(6)7/h3-6,8-11,19H,1-2,7H2,(H2,29,30)(H,33,34);(H,6,7)/t19-;/m0./s1. The lowest BCUT2D eigenvalue weighted by Gasteiger charge is -2.22. The highest BCUT2D eigenvalue weighted by Crippen LogP contribution is 2.38. The Morgan fingerprint density at radius 2 is 1.72 bits per heavy atom. The van der Waals surface area contributed by atoms with Crippen LogP contribution in [0.25, 0.3) is 22.1 Å². The first-order valence-electron chi connectivity index (χ1n) is 12.1. The topological polar surface area (TPSA) is 156 Å². The van der Waals surface area contributed by atoms with Crippen LogP contribution in [0.15, 0.2) is 53.1 Å². The fraction of sp³-hybridized carbons (Fsp3) is 0.185. The van der Waals surface area contributed by atoms with Crippen molar-refractivity contribution in [3.05, 3.63) is 70.8 Å². The molecular formula is C27H19ClF5N3O7. The number of carboxylic acids is 2. The Bertz CT molecular complexity index is 1730. The van der Waals surface area contributed by atoms with Gasteiger partial charge in [0.25, 0.3) is 5.91 Å². The summed E-state index contributed by atoms with van der Waals surface area (Å²) in [5.41, 5.74) is 6.81. The number of likely N-dealkylation sites (tertiary alicyclic amines) is 1. The molecule has 10 nitrogen and oxygen atoms in total. The number of hydrogen-bond donors (Lipinski definition) is 3. The van der Waals surface area contributed by atoms with Gasteiger partial charge in [0.05, 0.1) is 10.9 Å². The number of hydrogen-bond acceptors (Lipinski definition) is 7. The number of rotatable bonds is 5. The van der Waals surface area contributed by atoms with Gasteiger partial charge in [-0.05, 0) is 54.8 Å². The van der Waals surface area contributed by atoms with E-state index in [1.54, 1.807) is 24.3 Å². The molecule has 16 heteroatoms. The first-order chi connectivity index (χ1) is 20.2. The summed E-state index contributed by atoms with van der Waals surface area (Å²) >= 11 is 6.18. The fourth-order valence-corrected chi connectivity index (χ4v) is 4.42. The third-order valence-corrected chi connectivity index (χ3v) is 6.50. The Morgan fingerprint density at radius 1 is 1.02 bits per heavy atom. The minimum absolute atomic E-state index is 0.143. The van der Waals surface area contributed by atoms with Crippen molar-refractivity contribution in [3.63, 3.8) is 0 Å². The maximum Gasteiger partial charge on any atom is 0.490 e. The lowest BCUT2D eigenvalue weighted by Crippen LogP contribution is -2.40. The third kappa shape index (κ3) is 6.77. The minimum atomic E-state index is -5.08.